The van der Waals surface area contributed by atoms with E-state index in [0.29, 0.717) is 24.6 Å². The van der Waals surface area contributed by atoms with Gasteiger partial charge in [-0.05, 0) is 18.6 Å². The van der Waals surface area contributed by atoms with E-state index in [1.54, 1.807) is 6.20 Å². The fourth-order valence-corrected chi connectivity index (χ4v) is 2.96. The van der Waals surface area contributed by atoms with E-state index in [9.17, 15) is 9.59 Å². The van der Waals surface area contributed by atoms with E-state index in [4.69, 9.17) is 4.84 Å². The van der Waals surface area contributed by atoms with Crippen LogP contribution in [0.2, 0.25) is 0 Å². The summed E-state index contributed by atoms with van der Waals surface area (Å²) in [6.45, 7) is 1.28. The average Bonchev–Trinajstić information content (AvgIpc) is 3.26. The van der Waals surface area contributed by atoms with Crippen LogP contribution in [0.3, 0.4) is 0 Å². The number of rotatable bonds is 6. The smallest absolute Gasteiger partial charge is 0.267 e. The molecule has 126 valence electrons. The first-order valence-electron chi connectivity index (χ1n) is 7.64. The maximum absolute atomic E-state index is 12.0. The quantitative estimate of drug-likeness (QED) is 0.807. The van der Waals surface area contributed by atoms with Gasteiger partial charge < -0.3 is 5.32 Å². The van der Waals surface area contributed by atoms with Gasteiger partial charge in [0.15, 0.2) is 0 Å². The van der Waals surface area contributed by atoms with E-state index in [1.807, 2.05) is 30.3 Å². The second-order valence-electron chi connectivity index (χ2n) is 5.26. The van der Waals surface area contributed by atoms with Gasteiger partial charge in [0.2, 0.25) is 5.91 Å². The summed E-state index contributed by atoms with van der Waals surface area (Å²) in [7, 11) is 0. The number of hydroxylamine groups is 2. The van der Waals surface area contributed by atoms with Gasteiger partial charge >= 0.3 is 0 Å². The van der Waals surface area contributed by atoms with Gasteiger partial charge in [-0.1, -0.05) is 18.2 Å². The summed E-state index contributed by atoms with van der Waals surface area (Å²) >= 11 is 1.47. The van der Waals surface area contributed by atoms with Crippen LogP contribution in [0.4, 0.5) is 5.69 Å². The number of thioether (sulfide) groups is 1. The van der Waals surface area contributed by atoms with Crippen LogP contribution in [0.15, 0.2) is 47.6 Å². The highest BCUT2D eigenvalue weighted by Crippen LogP contribution is 2.17. The van der Waals surface area contributed by atoms with Crippen molar-refractivity contribution in [3.8, 4) is 0 Å². The van der Waals surface area contributed by atoms with Crippen molar-refractivity contribution in [2.45, 2.75) is 17.9 Å². The van der Waals surface area contributed by atoms with Crippen molar-refractivity contribution >= 4 is 29.3 Å². The largest absolute Gasteiger partial charge is 0.323 e. The van der Waals surface area contributed by atoms with Gasteiger partial charge in [0.05, 0.1) is 30.8 Å². The zero-order valence-electron chi connectivity index (χ0n) is 13.1. The van der Waals surface area contributed by atoms with Gasteiger partial charge in [0, 0.05) is 11.1 Å². The van der Waals surface area contributed by atoms with Crippen LogP contribution >= 0.6 is 11.8 Å². The van der Waals surface area contributed by atoms with Crippen molar-refractivity contribution in [2.24, 2.45) is 0 Å². The van der Waals surface area contributed by atoms with E-state index in [-0.39, 0.29) is 18.4 Å². The molecule has 0 atom stereocenters. The number of carbonyl (C=O) groups is 2. The van der Waals surface area contributed by atoms with Gasteiger partial charge in [-0.3, -0.25) is 19.1 Å². The minimum Gasteiger partial charge on any atom is -0.323 e. The summed E-state index contributed by atoms with van der Waals surface area (Å²) in [5, 5.41) is 8.22. The maximum Gasteiger partial charge on any atom is 0.267 e. The Morgan fingerprint density at radius 2 is 2.12 bits per heavy atom. The van der Waals surface area contributed by atoms with Gasteiger partial charge in [0.1, 0.15) is 6.54 Å². The third kappa shape index (κ3) is 4.59. The summed E-state index contributed by atoms with van der Waals surface area (Å²) in [6.07, 6.45) is 4.02. The Morgan fingerprint density at radius 3 is 2.88 bits per heavy atom. The molecule has 2 amide bonds. The molecular formula is C16H18N4O3S. The standard InChI is InChI=1S/C16H18N4O3S/c21-15(12-24-14-5-2-1-3-6-14)18-13-9-17-19(10-13)11-16(22)20-7-4-8-23-20/h1-3,5-6,9-10H,4,7-8,11-12H2,(H,18,21). The molecule has 7 nitrogen and oxygen atoms in total. The summed E-state index contributed by atoms with van der Waals surface area (Å²) in [5.74, 6) is 0.0566. The zero-order valence-corrected chi connectivity index (χ0v) is 13.9. The van der Waals surface area contributed by atoms with Crippen molar-refractivity contribution in [1.82, 2.24) is 14.8 Å². The molecule has 1 aliphatic rings. The normalized spacial score (nSPS) is 13.9. The Balaban J connectivity index is 1.46. The number of hydrogen-bond acceptors (Lipinski definition) is 5. The van der Waals surface area contributed by atoms with Crippen molar-refractivity contribution in [3.05, 3.63) is 42.7 Å². The molecular weight excluding hydrogens is 328 g/mol. The highest BCUT2D eigenvalue weighted by atomic mass is 32.2. The number of amides is 2. The highest BCUT2D eigenvalue weighted by Gasteiger charge is 2.19. The average molecular weight is 346 g/mol. The lowest BCUT2D eigenvalue weighted by molar-refractivity contribution is -0.169. The number of carbonyl (C=O) groups excluding carboxylic acids is 2. The number of benzene rings is 1. The monoisotopic (exact) mass is 346 g/mol. The minimum atomic E-state index is -0.145. The van der Waals surface area contributed by atoms with Crippen molar-refractivity contribution < 1.29 is 14.4 Å². The predicted octanol–water partition coefficient (Wildman–Crippen LogP) is 1.78. The molecule has 0 radical (unpaired) electrons. The molecule has 1 saturated heterocycles. The van der Waals surface area contributed by atoms with Crippen LogP contribution in [0, 0.1) is 0 Å². The lowest BCUT2D eigenvalue weighted by atomic mass is 10.4. The van der Waals surface area contributed by atoms with E-state index in [0.717, 1.165) is 11.3 Å². The number of nitrogens with zero attached hydrogens (tertiary/aromatic N) is 3. The number of hydrogen-bond donors (Lipinski definition) is 1. The van der Waals surface area contributed by atoms with Crippen LogP contribution in [-0.4, -0.2) is 45.6 Å². The topological polar surface area (TPSA) is 76.5 Å². The van der Waals surface area contributed by atoms with Gasteiger partial charge in [0.25, 0.3) is 5.91 Å². The van der Waals surface area contributed by atoms with Crippen molar-refractivity contribution in [2.75, 3.05) is 24.2 Å². The number of aromatic nitrogens is 2. The Labute approximate surface area is 143 Å². The van der Waals surface area contributed by atoms with Crippen LogP contribution in [-0.2, 0) is 21.0 Å². The molecule has 0 saturated carbocycles. The molecule has 1 fully saturated rings. The van der Waals surface area contributed by atoms with E-state index >= 15 is 0 Å². The molecule has 0 aliphatic carbocycles. The van der Waals surface area contributed by atoms with E-state index in [2.05, 4.69) is 10.4 Å². The van der Waals surface area contributed by atoms with Gasteiger partial charge in [-0.25, -0.2) is 5.06 Å². The van der Waals surface area contributed by atoms with Crippen molar-refractivity contribution in [1.29, 1.82) is 0 Å². The van der Waals surface area contributed by atoms with Crippen LogP contribution in [0.5, 0.6) is 0 Å². The Morgan fingerprint density at radius 1 is 1.29 bits per heavy atom. The fraction of sp³-hybridized carbons (Fsp3) is 0.312. The fourth-order valence-electron chi connectivity index (χ4n) is 2.24. The first-order chi connectivity index (χ1) is 11.7. The SMILES string of the molecule is O=C(CSc1ccccc1)Nc1cnn(CC(=O)N2CCCO2)c1. The number of anilines is 1. The second-order valence-corrected chi connectivity index (χ2v) is 6.31. The van der Waals surface area contributed by atoms with Crippen LogP contribution < -0.4 is 5.32 Å². The Bertz CT molecular complexity index is 698. The second kappa shape index (κ2) is 7.98. The van der Waals surface area contributed by atoms with Crippen LogP contribution in [0.1, 0.15) is 6.42 Å². The van der Waals surface area contributed by atoms with E-state index < -0.39 is 0 Å². The zero-order chi connectivity index (χ0) is 16.8. The minimum absolute atomic E-state index is 0.0919. The Kier molecular flexibility index (Phi) is 5.50. The third-order valence-electron chi connectivity index (χ3n) is 3.36. The molecule has 2 aromatic rings. The molecule has 24 heavy (non-hydrogen) atoms. The van der Waals surface area contributed by atoms with Gasteiger partial charge in [-0.2, -0.15) is 5.10 Å². The third-order valence-corrected chi connectivity index (χ3v) is 4.37. The summed E-state index contributed by atoms with van der Waals surface area (Å²) < 4.78 is 1.49. The van der Waals surface area contributed by atoms with Crippen LogP contribution in [0.25, 0.3) is 0 Å². The summed E-state index contributed by atoms with van der Waals surface area (Å²) in [5.41, 5.74) is 0.573. The molecule has 0 spiro atoms. The molecule has 1 aromatic carbocycles. The Hall–Kier alpha value is -2.32. The molecule has 1 aliphatic heterocycles. The molecule has 1 N–H and O–H groups in total. The lowest BCUT2D eigenvalue weighted by Crippen LogP contribution is -2.30. The maximum atomic E-state index is 12.0. The summed E-state index contributed by atoms with van der Waals surface area (Å²) in [6, 6.07) is 9.73. The summed E-state index contributed by atoms with van der Waals surface area (Å²) in [4.78, 5) is 30.2. The van der Waals surface area contributed by atoms with Gasteiger partial charge in [-0.15, -0.1) is 11.8 Å². The molecule has 0 unspecified atom stereocenters. The predicted molar refractivity (Wildman–Crippen MR) is 90.3 cm³/mol. The first-order valence-corrected chi connectivity index (χ1v) is 8.63. The number of nitrogens with one attached hydrogen (secondary N) is 1. The molecule has 0 bridgehead atoms. The highest BCUT2D eigenvalue weighted by molar-refractivity contribution is 8.00. The molecule has 1 aromatic heterocycles. The van der Waals surface area contributed by atoms with E-state index in [1.165, 1.54) is 27.7 Å². The van der Waals surface area contributed by atoms with Crippen molar-refractivity contribution in [3.63, 3.8) is 0 Å². The first kappa shape index (κ1) is 16.5. The molecule has 2 heterocycles. The lowest BCUT2D eigenvalue weighted by Gasteiger charge is -2.13. The molecule has 3 rings (SSSR count). The molecule has 8 heteroatoms.